The second kappa shape index (κ2) is 9.03. The van der Waals surface area contributed by atoms with Crippen molar-refractivity contribution >= 4 is 12.0 Å². The van der Waals surface area contributed by atoms with Gasteiger partial charge in [-0.1, -0.05) is 30.3 Å². The van der Waals surface area contributed by atoms with Crippen LogP contribution in [0.1, 0.15) is 58.6 Å². The Hall–Kier alpha value is -2.08. The highest BCUT2D eigenvalue weighted by atomic mass is 16.6. The number of nitrogens with one attached hydrogen (secondary N) is 1. The van der Waals surface area contributed by atoms with Crippen LogP contribution in [0, 0.1) is 0 Å². The summed E-state index contributed by atoms with van der Waals surface area (Å²) >= 11 is 0. The highest BCUT2D eigenvalue weighted by molar-refractivity contribution is 5.78. The lowest BCUT2D eigenvalue weighted by molar-refractivity contribution is -0.147. The molecule has 1 aromatic rings. The van der Waals surface area contributed by atoms with Crippen molar-refractivity contribution in [2.75, 3.05) is 19.6 Å². The first-order valence-electron chi connectivity index (χ1n) is 9.40. The van der Waals surface area contributed by atoms with E-state index in [0.29, 0.717) is 6.54 Å². The number of alkyl carbamates (subject to hydrolysis) is 1. The Labute approximate surface area is 156 Å². The maximum absolute atomic E-state index is 12.9. The van der Waals surface area contributed by atoms with Crippen LogP contribution in [-0.4, -0.2) is 47.3 Å². The Kier molecular flexibility index (Phi) is 7.03. The minimum atomic E-state index is -0.583. The van der Waals surface area contributed by atoms with Crippen molar-refractivity contribution in [3.8, 4) is 0 Å². The molecule has 2 amide bonds. The molecular weight excluding hydrogens is 330 g/mol. The Morgan fingerprint density at radius 1 is 1.19 bits per heavy atom. The summed E-state index contributed by atoms with van der Waals surface area (Å²) < 4.78 is 5.37. The molecule has 1 aliphatic rings. The zero-order valence-electron chi connectivity index (χ0n) is 16.3. The molecular formula is C20H31N3O3. The smallest absolute Gasteiger partial charge is 0.408 e. The van der Waals surface area contributed by atoms with E-state index in [-0.39, 0.29) is 12.3 Å². The van der Waals surface area contributed by atoms with Crippen molar-refractivity contribution in [3.05, 3.63) is 35.9 Å². The molecule has 1 fully saturated rings. The number of carbonyl (C=O) groups excluding carboxylic acids is 2. The highest BCUT2D eigenvalue weighted by Gasteiger charge is 2.27. The van der Waals surface area contributed by atoms with Gasteiger partial charge in [0.2, 0.25) is 5.91 Å². The third-order valence-corrected chi connectivity index (χ3v) is 4.28. The first-order chi connectivity index (χ1) is 12.3. The molecule has 1 saturated heterocycles. The standard InChI is InChI=1S/C20H31N3O3/c1-5-23(22-13-9-10-14-22)18(24)15-17(16-11-7-6-8-12-16)21-19(25)26-20(2,3)4/h6-8,11-12,17H,5,9-10,13-15H2,1-4H3,(H,21,25)/t17-/m1/s1. The lowest BCUT2D eigenvalue weighted by Gasteiger charge is -2.32. The van der Waals surface area contributed by atoms with E-state index in [4.69, 9.17) is 4.74 Å². The molecule has 1 heterocycles. The molecule has 144 valence electrons. The van der Waals surface area contributed by atoms with Gasteiger partial charge in [0.1, 0.15) is 5.60 Å². The SMILES string of the molecule is CCN(C(=O)C[C@@H](NC(=O)OC(C)(C)C)c1ccccc1)N1CCCC1. The molecule has 2 rings (SSSR count). The molecule has 1 N–H and O–H groups in total. The predicted molar refractivity (Wildman–Crippen MR) is 101 cm³/mol. The normalized spacial score (nSPS) is 16.2. The van der Waals surface area contributed by atoms with Crippen LogP contribution in [0.25, 0.3) is 0 Å². The van der Waals surface area contributed by atoms with Crippen molar-refractivity contribution < 1.29 is 14.3 Å². The van der Waals surface area contributed by atoms with Gasteiger partial charge in [0.05, 0.1) is 12.5 Å². The molecule has 0 saturated carbocycles. The quantitative estimate of drug-likeness (QED) is 0.842. The number of hydrogen-bond acceptors (Lipinski definition) is 4. The summed E-state index contributed by atoms with van der Waals surface area (Å²) in [5.74, 6) is 0.0133. The highest BCUT2D eigenvalue weighted by Crippen LogP contribution is 2.21. The van der Waals surface area contributed by atoms with Crippen LogP contribution >= 0.6 is 0 Å². The van der Waals surface area contributed by atoms with Crippen LogP contribution in [0.5, 0.6) is 0 Å². The van der Waals surface area contributed by atoms with Gasteiger partial charge >= 0.3 is 6.09 Å². The fourth-order valence-electron chi connectivity index (χ4n) is 3.14. The molecule has 6 heteroatoms. The van der Waals surface area contributed by atoms with E-state index in [2.05, 4.69) is 10.3 Å². The number of nitrogens with zero attached hydrogens (tertiary/aromatic N) is 2. The van der Waals surface area contributed by atoms with E-state index in [1.54, 1.807) is 5.01 Å². The summed E-state index contributed by atoms with van der Waals surface area (Å²) in [6.45, 7) is 9.90. The number of rotatable bonds is 6. The molecule has 1 atom stereocenters. The van der Waals surface area contributed by atoms with Gasteiger partial charge in [-0.2, -0.15) is 0 Å². The largest absolute Gasteiger partial charge is 0.444 e. The number of hydrogen-bond donors (Lipinski definition) is 1. The molecule has 0 aromatic heterocycles. The summed E-state index contributed by atoms with van der Waals surface area (Å²) in [5, 5.41) is 6.78. The van der Waals surface area contributed by atoms with Crippen LogP contribution in [0.15, 0.2) is 30.3 Å². The van der Waals surface area contributed by atoms with E-state index < -0.39 is 17.7 Å². The van der Waals surface area contributed by atoms with Crippen molar-refractivity contribution in [2.45, 2.75) is 58.6 Å². The average Bonchev–Trinajstić information content (AvgIpc) is 3.08. The third-order valence-electron chi connectivity index (χ3n) is 4.28. The Bertz CT molecular complexity index is 592. The summed E-state index contributed by atoms with van der Waals surface area (Å²) in [6, 6.07) is 9.14. The lowest BCUT2D eigenvalue weighted by atomic mass is 10.0. The van der Waals surface area contributed by atoms with E-state index in [0.717, 1.165) is 31.5 Å². The fraction of sp³-hybridized carbons (Fsp3) is 0.600. The predicted octanol–water partition coefficient (Wildman–Crippen LogP) is 3.50. The topological polar surface area (TPSA) is 61.9 Å². The Morgan fingerprint density at radius 3 is 2.35 bits per heavy atom. The van der Waals surface area contributed by atoms with Crippen molar-refractivity contribution in [1.29, 1.82) is 0 Å². The van der Waals surface area contributed by atoms with Crippen LogP contribution in [0.3, 0.4) is 0 Å². The maximum Gasteiger partial charge on any atom is 0.408 e. The molecule has 0 bridgehead atoms. The number of ether oxygens (including phenoxy) is 1. The first-order valence-corrected chi connectivity index (χ1v) is 9.40. The van der Waals surface area contributed by atoms with Gasteiger partial charge in [0.25, 0.3) is 0 Å². The average molecular weight is 361 g/mol. The third kappa shape index (κ3) is 6.02. The van der Waals surface area contributed by atoms with Gasteiger partial charge in [0, 0.05) is 19.6 Å². The second-order valence-electron chi connectivity index (χ2n) is 7.58. The molecule has 0 unspecified atom stereocenters. The summed E-state index contributed by atoms with van der Waals surface area (Å²) in [7, 11) is 0. The molecule has 0 aliphatic carbocycles. The van der Waals surface area contributed by atoms with E-state index in [1.807, 2.05) is 58.0 Å². The van der Waals surface area contributed by atoms with Gasteiger partial charge in [-0.15, -0.1) is 0 Å². The van der Waals surface area contributed by atoms with Gasteiger partial charge < -0.3 is 10.1 Å². The van der Waals surface area contributed by atoms with E-state index >= 15 is 0 Å². The van der Waals surface area contributed by atoms with Gasteiger partial charge in [0.15, 0.2) is 0 Å². The molecule has 26 heavy (non-hydrogen) atoms. The monoisotopic (exact) mass is 361 g/mol. The number of benzene rings is 1. The molecule has 0 radical (unpaired) electrons. The number of amides is 2. The molecule has 1 aliphatic heterocycles. The van der Waals surface area contributed by atoms with Gasteiger partial charge in [-0.25, -0.2) is 9.80 Å². The Balaban J connectivity index is 2.10. The molecule has 1 aromatic carbocycles. The van der Waals surface area contributed by atoms with Crippen molar-refractivity contribution in [3.63, 3.8) is 0 Å². The summed E-state index contributed by atoms with van der Waals surface area (Å²) in [5.41, 5.74) is 0.310. The first kappa shape index (κ1) is 20.2. The zero-order chi connectivity index (χ0) is 19.2. The lowest BCUT2D eigenvalue weighted by Crippen LogP contribution is -2.46. The van der Waals surface area contributed by atoms with Crippen LogP contribution in [0.2, 0.25) is 0 Å². The van der Waals surface area contributed by atoms with Crippen LogP contribution < -0.4 is 5.32 Å². The van der Waals surface area contributed by atoms with Crippen LogP contribution in [0.4, 0.5) is 4.79 Å². The van der Waals surface area contributed by atoms with Crippen molar-refractivity contribution in [2.24, 2.45) is 0 Å². The van der Waals surface area contributed by atoms with Gasteiger partial charge in [-0.05, 0) is 46.1 Å². The van der Waals surface area contributed by atoms with E-state index in [1.165, 1.54) is 0 Å². The number of hydrazine groups is 1. The molecule has 0 spiro atoms. The maximum atomic E-state index is 12.9. The van der Waals surface area contributed by atoms with Crippen molar-refractivity contribution in [1.82, 2.24) is 15.3 Å². The molecule has 6 nitrogen and oxygen atoms in total. The fourth-order valence-corrected chi connectivity index (χ4v) is 3.14. The minimum absolute atomic E-state index is 0.0133. The van der Waals surface area contributed by atoms with Gasteiger partial charge in [-0.3, -0.25) is 9.80 Å². The summed E-state index contributed by atoms with van der Waals surface area (Å²) in [4.78, 5) is 25.2. The summed E-state index contributed by atoms with van der Waals surface area (Å²) in [6.07, 6.45) is 1.92. The minimum Gasteiger partial charge on any atom is -0.444 e. The Morgan fingerprint density at radius 2 is 1.81 bits per heavy atom. The van der Waals surface area contributed by atoms with E-state index in [9.17, 15) is 9.59 Å². The zero-order valence-corrected chi connectivity index (χ0v) is 16.3. The number of carbonyl (C=O) groups is 2. The second-order valence-corrected chi connectivity index (χ2v) is 7.58. The van der Waals surface area contributed by atoms with Crippen LogP contribution in [-0.2, 0) is 9.53 Å².